The Hall–Kier alpha value is -1.68. The Morgan fingerprint density at radius 1 is 1.28 bits per heavy atom. The summed E-state index contributed by atoms with van der Waals surface area (Å²) in [6.07, 6.45) is 1.65. The Bertz CT molecular complexity index is 498. The number of Topliss-reactive ketones (excluding diaryl/α,β-unsaturated/α-hetero) is 1. The number of para-hydroxylation sites is 1. The van der Waals surface area contributed by atoms with Crippen molar-refractivity contribution in [2.45, 2.75) is 31.8 Å². The van der Waals surface area contributed by atoms with E-state index in [9.17, 15) is 14.7 Å². The highest BCUT2D eigenvalue weighted by molar-refractivity contribution is 6.26. The van der Waals surface area contributed by atoms with Crippen molar-refractivity contribution < 1.29 is 14.7 Å². The van der Waals surface area contributed by atoms with Crippen molar-refractivity contribution >= 4 is 17.4 Å². The summed E-state index contributed by atoms with van der Waals surface area (Å²) < 4.78 is 0. The van der Waals surface area contributed by atoms with Crippen LogP contribution in [0, 0.1) is 0 Å². The third-order valence-corrected chi connectivity index (χ3v) is 3.44. The van der Waals surface area contributed by atoms with Crippen LogP contribution in [0.5, 0.6) is 0 Å². The van der Waals surface area contributed by atoms with Gasteiger partial charge in [-0.05, 0) is 25.0 Å². The van der Waals surface area contributed by atoms with Gasteiger partial charge in [-0.3, -0.25) is 9.59 Å². The fraction of sp³-hybridized carbons (Fsp3) is 0.429. The molecule has 0 radical (unpaired) electrons. The van der Waals surface area contributed by atoms with Crippen molar-refractivity contribution in [2.24, 2.45) is 0 Å². The smallest absolute Gasteiger partial charge is 0.266 e. The summed E-state index contributed by atoms with van der Waals surface area (Å²) in [5.74, 6) is -1.01. The van der Waals surface area contributed by atoms with E-state index >= 15 is 0 Å². The first kappa shape index (κ1) is 12.8. The van der Waals surface area contributed by atoms with Gasteiger partial charge in [-0.2, -0.15) is 0 Å². The molecule has 4 heteroatoms. The first-order valence-corrected chi connectivity index (χ1v) is 6.16. The quantitative estimate of drug-likeness (QED) is 0.828. The van der Waals surface area contributed by atoms with Crippen LogP contribution in [0.1, 0.15) is 36.5 Å². The lowest BCUT2D eigenvalue weighted by molar-refractivity contribution is -0.133. The number of anilines is 1. The van der Waals surface area contributed by atoms with Gasteiger partial charge in [0.25, 0.3) is 5.91 Å². The number of unbranched alkanes of at least 4 members (excludes halogenated alkanes) is 1. The number of carbonyl (C=O) groups excluding carboxylic acids is 2. The average molecular weight is 247 g/mol. The molecule has 0 bridgehead atoms. The van der Waals surface area contributed by atoms with Gasteiger partial charge in [-0.25, -0.2) is 0 Å². The first-order chi connectivity index (χ1) is 8.52. The molecule has 0 aliphatic carbocycles. The molecular formula is C14H17NO3. The fourth-order valence-electron chi connectivity index (χ4n) is 2.32. The predicted molar refractivity (Wildman–Crippen MR) is 68.7 cm³/mol. The Balaban J connectivity index is 2.48. The van der Waals surface area contributed by atoms with Crippen molar-refractivity contribution in [2.75, 3.05) is 11.9 Å². The Morgan fingerprint density at radius 2 is 1.94 bits per heavy atom. The van der Waals surface area contributed by atoms with E-state index in [1.54, 1.807) is 31.3 Å². The third-order valence-electron chi connectivity index (χ3n) is 3.44. The number of rotatable bonds is 3. The van der Waals surface area contributed by atoms with Crippen LogP contribution in [0.25, 0.3) is 0 Å². The third kappa shape index (κ3) is 1.73. The molecule has 0 fully saturated rings. The fourth-order valence-corrected chi connectivity index (χ4v) is 2.32. The van der Waals surface area contributed by atoms with Crippen molar-refractivity contribution in [3.8, 4) is 0 Å². The van der Waals surface area contributed by atoms with E-state index in [0.717, 1.165) is 6.42 Å². The maximum Gasteiger partial charge on any atom is 0.266 e. The van der Waals surface area contributed by atoms with Gasteiger partial charge in [0.15, 0.2) is 0 Å². The van der Waals surface area contributed by atoms with Gasteiger partial charge in [0.2, 0.25) is 11.4 Å². The summed E-state index contributed by atoms with van der Waals surface area (Å²) in [5, 5.41) is 10.4. The SMILES string of the molecule is CCCC[C@]1(O)C(=O)c2ccccc2N(C)C1=O. The molecule has 1 aromatic carbocycles. The Morgan fingerprint density at radius 3 is 2.61 bits per heavy atom. The minimum Gasteiger partial charge on any atom is -0.373 e. The molecule has 1 aromatic rings. The number of nitrogens with zero attached hydrogens (tertiary/aromatic N) is 1. The van der Waals surface area contributed by atoms with Gasteiger partial charge in [-0.1, -0.05) is 25.5 Å². The summed E-state index contributed by atoms with van der Waals surface area (Å²) in [7, 11) is 1.59. The molecule has 1 aliphatic heterocycles. The Kier molecular flexibility index (Phi) is 3.22. The minimum atomic E-state index is -1.89. The highest BCUT2D eigenvalue weighted by Gasteiger charge is 2.49. The molecule has 0 unspecified atom stereocenters. The monoisotopic (exact) mass is 247 g/mol. The van der Waals surface area contributed by atoms with Crippen LogP contribution in [0.4, 0.5) is 5.69 Å². The second kappa shape index (κ2) is 4.53. The number of ketones is 1. The van der Waals surface area contributed by atoms with Crippen LogP contribution in [0.2, 0.25) is 0 Å². The molecule has 96 valence electrons. The van der Waals surface area contributed by atoms with Crippen molar-refractivity contribution in [1.82, 2.24) is 0 Å². The van der Waals surface area contributed by atoms with Crippen molar-refractivity contribution in [1.29, 1.82) is 0 Å². The van der Waals surface area contributed by atoms with Crippen LogP contribution < -0.4 is 4.90 Å². The number of amides is 1. The van der Waals surface area contributed by atoms with E-state index in [2.05, 4.69) is 0 Å². The molecule has 0 saturated carbocycles. The lowest BCUT2D eigenvalue weighted by Gasteiger charge is -2.36. The largest absolute Gasteiger partial charge is 0.373 e. The zero-order valence-electron chi connectivity index (χ0n) is 10.6. The van der Waals surface area contributed by atoms with E-state index in [0.29, 0.717) is 17.7 Å². The molecule has 0 saturated heterocycles. The van der Waals surface area contributed by atoms with Crippen LogP contribution in [-0.2, 0) is 4.79 Å². The lowest BCUT2D eigenvalue weighted by Crippen LogP contribution is -2.57. The highest BCUT2D eigenvalue weighted by atomic mass is 16.3. The maximum absolute atomic E-state index is 12.3. The molecular weight excluding hydrogens is 230 g/mol. The molecule has 1 atom stereocenters. The summed E-state index contributed by atoms with van der Waals surface area (Å²) in [4.78, 5) is 25.9. The molecule has 2 rings (SSSR count). The van der Waals surface area contributed by atoms with E-state index in [1.165, 1.54) is 4.90 Å². The molecule has 0 aromatic heterocycles. The number of fused-ring (bicyclic) bond motifs is 1. The van der Waals surface area contributed by atoms with Gasteiger partial charge in [-0.15, -0.1) is 0 Å². The van der Waals surface area contributed by atoms with Crippen molar-refractivity contribution in [3.05, 3.63) is 29.8 Å². The number of aliphatic hydroxyl groups is 1. The normalized spacial score (nSPS) is 23.2. The number of likely N-dealkylation sites (N-methyl/N-ethyl adjacent to an activating group) is 1. The van der Waals surface area contributed by atoms with Crippen LogP contribution in [-0.4, -0.2) is 29.4 Å². The molecule has 1 amide bonds. The highest BCUT2D eigenvalue weighted by Crippen LogP contribution is 2.34. The summed E-state index contributed by atoms with van der Waals surface area (Å²) in [6.45, 7) is 1.96. The van der Waals surface area contributed by atoms with E-state index in [4.69, 9.17) is 0 Å². The van der Waals surface area contributed by atoms with E-state index in [1.807, 2.05) is 6.92 Å². The van der Waals surface area contributed by atoms with Crippen molar-refractivity contribution in [3.63, 3.8) is 0 Å². The topological polar surface area (TPSA) is 57.6 Å². The number of hydrogen-bond acceptors (Lipinski definition) is 3. The predicted octanol–water partition coefficient (Wildman–Crippen LogP) is 1.77. The average Bonchev–Trinajstić information content (AvgIpc) is 2.41. The van der Waals surface area contributed by atoms with Gasteiger partial charge < -0.3 is 10.0 Å². The minimum absolute atomic E-state index is 0.180. The number of benzene rings is 1. The van der Waals surface area contributed by atoms with Gasteiger partial charge in [0.05, 0.1) is 5.69 Å². The molecule has 1 heterocycles. The molecule has 0 spiro atoms. The number of carbonyl (C=O) groups is 2. The zero-order chi connectivity index (χ0) is 13.3. The van der Waals surface area contributed by atoms with Gasteiger partial charge in [0, 0.05) is 12.6 Å². The Labute approximate surface area is 106 Å². The van der Waals surface area contributed by atoms with Gasteiger partial charge in [0.1, 0.15) is 0 Å². The second-order valence-corrected chi connectivity index (χ2v) is 4.67. The van der Waals surface area contributed by atoms with Gasteiger partial charge >= 0.3 is 0 Å². The molecule has 1 aliphatic rings. The molecule has 1 N–H and O–H groups in total. The summed E-state index contributed by atoms with van der Waals surface area (Å²) in [5.41, 5.74) is -0.911. The standard InChI is InChI=1S/C14H17NO3/c1-3-4-9-14(18)12(16)10-7-5-6-8-11(10)15(2)13(14)17/h5-8,18H,3-4,9H2,1-2H3/t14-/m0/s1. The van der Waals surface area contributed by atoms with Crippen LogP contribution in [0.3, 0.4) is 0 Å². The van der Waals surface area contributed by atoms with Crippen LogP contribution >= 0.6 is 0 Å². The maximum atomic E-state index is 12.3. The summed E-state index contributed by atoms with van der Waals surface area (Å²) >= 11 is 0. The van der Waals surface area contributed by atoms with Crippen LogP contribution in [0.15, 0.2) is 24.3 Å². The zero-order valence-corrected chi connectivity index (χ0v) is 10.6. The van der Waals surface area contributed by atoms with E-state index in [-0.39, 0.29) is 6.42 Å². The molecule has 4 nitrogen and oxygen atoms in total. The lowest BCUT2D eigenvalue weighted by atomic mass is 9.83. The second-order valence-electron chi connectivity index (χ2n) is 4.67. The first-order valence-electron chi connectivity index (χ1n) is 6.16. The molecule has 18 heavy (non-hydrogen) atoms. The van der Waals surface area contributed by atoms with E-state index < -0.39 is 17.3 Å². The number of hydrogen-bond donors (Lipinski definition) is 1. The summed E-state index contributed by atoms with van der Waals surface area (Å²) in [6, 6.07) is 6.87.